The molecule has 2 N–H and O–H groups in total. The minimum Gasteiger partial charge on any atom is -0.489 e. The number of aromatic amines is 1. The van der Waals surface area contributed by atoms with Gasteiger partial charge in [0.2, 0.25) is 5.82 Å². The number of carbonyl (C=O) groups is 2. The highest BCUT2D eigenvalue weighted by molar-refractivity contribution is 6.02. The summed E-state index contributed by atoms with van der Waals surface area (Å²) in [6.07, 6.45) is 2.85. The molecule has 1 aromatic heterocycles. The van der Waals surface area contributed by atoms with Gasteiger partial charge in [0.25, 0.3) is 11.8 Å². The van der Waals surface area contributed by atoms with Crippen molar-refractivity contribution >= 4 is 23.2 Å². The second-order valence-electron chi connectivity index (χ2n) is 9.92. The molecule has 0 aliphatic carbocycles. The molecule has 0 unspecified atom stereocenters. The minimum atomic E-state index is -0.856. The first kappa shape index (κ1) is 23.5. The van der Waals surface area contributed by atoms with Gasteiger partial charge in [-0.15, -0.1) is 5.10 Å². The fourth-order valence-corrected chi connectivity index (χ4v) is 5.48. The van der Waals surface area contributed by atoms with E-state index in [-0.39, 0.29) is 18.3 Å². The first-order valence-electron chi connectivity index (χ1n) is 12.8. The minimum absolute atomic E-state index is 0.00259. The smallest absolute Gasteiger partial charge is 0.291 e. The van der Waals surface area contributed by atoms with Crippen LogP contribution in [-0.4, -0.2) is 83.8 Å². The number of hydrogen-bond acceptors (Lipinski definition) is 7. The van der Waals surface area contributed by atoms with E-state index in [1.807, 2.05) is 42.5 Å². The SMILES string of the molecule is CN1C(=O)[C@@H](NC(=O)c2n[nH]c(Cc3ccccc3)n2)COc2ccc(N3CCN4CCC3CC4)cc21. The number of ether oxygens (including phenoxy) is 1. The quantitative estimate of drug-likeness (QED) is 0.549. The van der Waals surface area contributed by atoms with Gasteiger partial charge < -0.3 is 24.8 Å². The number of benzene rings is 2. The zero-order valence-corrected chi connectivity index (χ0v) is 20.9. The van der Waals surface area contributed by atoms with Crippen molar-refractivity contribution in [3.63, 3.8) is 0 Å². The van der Waals surface area contributed by atoms with Crippen molar-refractivity contribution in [1.82, 2.24) is 25.4 Å². The van der Waals surface area contributed by atoms with Crippen LogP contribution in [0.3, 0.4) is 0 Å². The van der Waals surface area contributed by atoms with Crippen LogP contribution in [-0.2, 0) is 11.2 Å². The summed E-state index contributed by atoms with van der Waals surface area (Å²) in [5.41, 5.74) is 2.87. The number of nitrogens with one attached hydrogen (secondary N) is 2. The van der Waals surface area contributed by atoms with Gasteiger partial charge in [-0.05, 0) is 36.6 Å². The second kappa shape index (κ2) is 9.85. The van der Waals surface area contributed by atoms with Crippen LogP contribution in [0.25, 0.3) is 0 Å². The summed E-state index contributed by atoms with van der Waals surface area (Å²) in [5, 5.41) is 9.63. The number of H-pyrrole nitrogens is 1. The number of amides is 2. The van der Waals surface area contributed by atoms with Gasteiger partial charge in [0.05, 0.1) is 5.69 Å². The molecule has 2 amide bonds. The molecule has 10 nitrogen and oxygen atoms in total. The predicted octanol–water partition coefficient (Wildman–Crippen LogP) is 1.83. The molecule has 3 aromatic rings. The normalized spacial score (nSPS) is 23.2. The van der Waals surface area contributed by atoms with E-state index < -0.39 is 11.9 Å². The van der Waals surface area contributed by atoms with Crippen LogP contribution in [0.15, 0.2) is 48.5 Å². The first-order chi connectivity index (χ1) is 18.0. The predicted molar refractivity (Wildman–Crippen MR) is 139 cm³/mol. The summed E-state index contributed by atoms with van der Waals surface area (Å²) in [6, 6.07) is 15.5. The summed E-state index contributed by atoms with van der Waals surface area (Å²) < 4.78 is 6.00. The number of fused-ring (bicyclic) bond motifs is 5. The van der Waals surface area contributed by atoms with Crippen molar-refractivity contribution in [3.8, 4) is 5.75 Å². The molecule has 0 saturated carbocycles. The van der Waals surface area contributed by atoms with Crippen molar-refractivity contribution in [1.29, 1.82) is 0 Å². The third-order valence-corrected chi connectivity index (χ3v) is 7.58. The maximum Gasteiger partial charge on any atom is 0.291 e. The van der Waals surface area contributed by atoms with Crippen LogP contribution in [0.2, 0.25) is 0 Å². The standard InChI is InChI=1S/C27H31N7O3/c1-32-22-16-20(34-14-13-33-11-9-19(34)10-12-33)7-8-23(22)37-17-21(27(32)36)28-26(35)25-29-24(30-31-25)15-18-5-3-2-4-6-18/h2-8,16,19,21H,9-15,17H2,1H3,(H,28,35)(H,29,30,31)/t21-/m0/s1. The average molecular weight is 502 g/mol. The van der Waals surface area contributed by atoms with Gasteiger partial charge in [-0.25, -0.2) is 4.98 Å². The molecule has 4 aliphatic heterocycles. The Balaban J connectivity index is 1.15. The maximum absolute atomic E-state index is 13.4. The van der Waals surface area contributed by atoms with Gasteiger partial charge in [-0.1, -0.05) is 30.3 Å². The molecule has 2 aromatic carbocycles. The lowest BCUT2D eigenvalue weighted by atomic mass is 10.0. The number of likely N-dealkylation sites (N-methyl/N-ethyl adjacent to an activating group) is 1. The van der Waals surface area contributed by atoms with E-state index >= 15 is 0 Å². The van der Waals surface area contributed by atoms with E-state index in [4.69, 9.17) is 4.74 Å². The van der Waals surface area contributed by atoms with Crippen LogP contribution in [0.1, 0.15) is 34.8 Å². The molecule has 5 heterocycles. The van der Waals surface area contributed by atoms with Crippen LogP contribution in [0.5, 0.6) is 5.75 Å². The Labute approximate surface area is 215 Å². The van der Waals surface area contributed by atoms with Gasteiger partial charge in [0.15, 0.2) is 0 Å². The molecule has 0 radical (unpaired) electrons. The topological polar surface area (TPSA) is 107 Å². The van der Waals surface area contributed by atoms with Crippen molar-refractivity contribution in [3.05, 3.63) is 65.7 Å². The molecule has 3 saturated heterocycles. The molecule has 192 valence electrons. The van der Waals surface area contributed by atoms with Crippen LogP contribution in [0.4, 0.5) is 11.4 Å². The first-order valence-corrected chi connectivity index (χ1v) is 12.8. The molecule has 0 spiro atoms. The third kappa shape index (κ3) is 4.76. The number of piperidine rings is 1. The fraction of sp³-hybridized carbons (Fsp3) is 0.407. The Morgan fingerprint density at radius 1 is 1.11 bits per heavy atom. The molecular formula is C27H31N7O3. The number of hydrogen-bond donors (Lipinski definition) is 2. The van der Waals surface area contributed by atoms with E-state index in [9.17, 15) is 9.59 Å². The van der Waals surface area contributed by atoms with E-state index in [0.717, 1.165) is 50.3 Å². The van der Waals surface area contributed by atoms with Gasteiger partial charge in [-0.2, -0.15) is 0 Å². The number of nitrogens with zero attached hydrogens (tertiary/aromatic N) is 5. The van der Waals surface area contributed by atoms with Gasteiger partial charge >= 0.3 is 0 Å². The highest BCUT2D eigenvalue weighted by Gasteiger charge is 2.33. The zero-order valence-electron chi connectivity index (χ0n) is 20.9. The Hall–Kier alpha value is -3.92. The molecule has 2 bridgehead atoms. The highest BCUT2D eigenvalue weighted by Crippen LogP contribution is 2.36. The molecule has 1 atom stereocenters. The van der Waals surface area contributed by atoms with Crippen LogP contribution in [0, 0.1) is 0 Å². The van der Waals surface area contributed by atoms with Gasteiger partial charge in [0, 0.05) is 51.4 Å². The van der Waals surface area contributed by atoms with Gasteiger partial charge in [-0.3, -0.25) is 14.7 Å². The third-order valence-electron chi connectivity index (χ3n) is 7.58. The molecule has 3 fully saturated rings. The van der Waals surface area contributed by atoms with Crippen molar-refractivity contribution in [2.75, 3.05) is 49.6 Å². The molecule has 7 rings (SSSR count). The van der Waals surface area contributed by atoms with Crippen molar-refractivity contribution < 1.29 is 14.3 Å². The summed E-state index contributed by atoms with van der Waals surface area (Å²) in [4.78, 5) is 37.1. The van der Waals surface area contributed by atoms with Crippen LogP contribution >= 0.6 is 0 Å². The zero-order chi connectivity index (χ0) is 25.4. The summed E-state index contributed by atoms with van der Waals surface area (Å²) in [5.74, 6) is 0.440. The Morgan fingerprint density at radius 3 is 2.73 bits per heavy atom. The van der Waals surface area contributed by atoms with Gasteiger partial charge in [0.1, 0.15) is 24.2 Å². The van der Waals surface area contributed by atoms with E-state index in [1.54, 1.807) is 11.9 Å². The van der Waals surface area contributed by atoms with Crippen molar-refractivity contribution in [2.24, 2.45) is 0 Å². The lowest BCUT2D eigenvalue weighted by Gasteiger charge is -2.33. The average Bonchev–Trinajstić information content (AvgIpc) is 3.12. The maximum atomic E-state index is 13.4. The number of aromatic nitrogens is 3. The Morgan fingerprint density at radius 2 is 1.92 bits per heavy atom. The van der Waals surface area contributed by atoms with E-state index in [0.29, 0.717) is 29.7 Å². The van der Waals surface area contributed by atoms with E-state index in [2.05, 4.69) is 36.4 Å². The highest BCUT2D eigenvalue weighted by atomic mass is 16.5. The molecule has 37 heavy (non-hydrogen) atoms. The molecular weight excluding hydrogens is 470 g/mol. The Bertz CT molecular complexity index is 1290. The monoisotopic (exact) mass is 501 g/mol. The number of rotatable bonds is 5. The largest absolute Gasteiger partial charge is 0.489 e. The molecule has 4 aliphatic rings. The van der Waals surface area contributed by atoms with E-state index in [1.165, 1.54) is 0 Å². The summed E-state index contributed by atoms with van der Waals surface area (Å²) in [7, 11) is 1.73. The molecule has 10 heteroatoms. The number of anilines is 2. The second-order valence-corrected chi connectivity index (χ2v) is 9.92. The van der Waals surface area contributed by atoms with Crippen molar-refractivity contribution in [2.45, 2.75) is 31.3 Å². The Kier molecular flexibility index (Phi) is 6.25. The lowest BCUT2D eigenvalue weighted by molar-refractivity contribution is -0.120. The number of carbonyl (C=O) groups excluding carboxylic acids is 2. The lowest BCUT2D eigenvalue weighted by Crippen LogP contribution is -2.49. The summed E-state index contributed by atoms with van der Waals surface area (Å²) in [6.45, 7) is 4.36. The summed E-state index contributed by atoms with van der Waals surface area (Å²) >= 11 is 0. The fourth-order valence-electron chi connectivity index (χ4n) is 5.48. The van der Waals surface area contributed by atoms with Crippen LogP contribution < -0.4 is 19.9 Å².